The first kappa shape index (κ1) is 18.5. The van der Waals surface area contributed by atoms with Crippen molar-refractivity contribution in [1.29, 1.82) is 0 Å². The molecule has 0 bridgehead atoms. The van der Waals surface area contributed by atoms with Crippen molar-refractivity contribution in [2.75, 3.05) is 7.11 Å². The zero-order chi connectivity index (χ0) is 18.2. The fourth-order valence-electron chi connectivity index (χ4n) is 3.65. The average Bonchev–Trinajstić information content (AvgIpc) is 3.04. The van der Waals surface area contributed by atoms with Crippen molar-refractivity contribution in [3.63, 3.8) is 0 Å². The molecule has 1 aliphatic rings. The van der Waals surface area contributed by atoms with Gasteiger partial charge in [-0.3, -0.25) is 4.79 Å². The topological polar surface area (TPSA) is 72.3 Å². The van der Waals surface area contributed by atoms with Gasteiger partial charge in [0.15, 0.2) is 0 Å². The summed E-state index contributed by atoms with van der Waals surface area (Å²) in [7, 11) is 1.41. The number of halogens is 1. The first-order valence-corrected chi connectivity index (χ1v) is 9.75. The number of hydrogen-bond donors (Lipinski definition) is 1. The molecular formula is C18H21BrN2O3S. The monoisotopic (exact) mass is 424 g/mol. The lowest BCUT2D eigenvalue weighted by atomic mass is 9.63. The maximum atomic E-state index is 12.0. The molecular weight excluding hydrogens is 404 g/mol. The molecule has 0 unspecified atom stereocenters. The van der Waals surface area contributed by atoms with E-state index in [1.807, 2.05) is 32.0 Å². The Morgan fingerprint density at radius 1 is 1.44 bits per heavy atom. The minimum absolute atomic E-state index is 0.204. The molecule has 3 rings (SSSR count). The van der Waals surface area contributed by atoms with E-state index in [9.17, 15) is 9.90 Å². The molecule has 0 spiro atoms. The maximum Gasteiger partial charge on any atom is 0.309 e. The quantitative estimate of drug-likeness (QED) is 0.591. The number of aliphatic hydroxyl groups is 1. The van der Waals surface area contributed by atoms with Crippen LogP contribution in [0.2, 0.25) is 0 Å². The highest BCUT2D eigenvalue weighted by Crippen LogP contribution is 2.51. The summed E-state index contributed by atoms with van der Waals surface area (Å²) in [6, 6.07) is 5.71. The predicted octanol–water partition coefficient (Wildman–Crippen LogP) is 4.15. The summed E-state index contributed by atoms with van der Waals surface area (Å²) >= 11 is 4.83. The summed E-state index contributed by atoms with van der Waals surface area (Å²) in [5.74, 6) is -0.408. The highest BCUT2D eigenvalue weighted by atomic mass is 79.9. The fraction of sp³-hybridized carbons (Fsp3) is 0.500. The Morgan fingerprint density at radius 2 is 2.20 bits per heavy atom. The Kier molecular flexibility index (Phi) is 5.01. The van der Waals surface area contributed by atoms with E-state index in [4.69, 9.17) is 4.74 Å². The SMILES string of the molecule is COC(=O)[C@@H]1CC[C@@](O)(c2ncc(-c3cccc(Br)n3)s2)CC1(C)C. The molecule has 1 N–H and O–H groups in total. The van der Waals surface area contributed by atoms with E-state index in [1.54, 1.807) is 6.20 Å². The van der Waals surface area contributed by atoms with Gasteiger partial charge in [-0.2, -0.15) is 0 Å². The summed E-state index contributed by atoms with van der Waals surface area (Å²) in [4.78, 5) is 21.9. The zero-order valence-electron chi connectivity index (χ0n) is 14.5. The molecule has 0 amide bonds. The van der Waals surface area contributed by atoms with Gasteiger partial charge >= 0.3 is 5.97 Å². The molecule has 1 fully saturated rings. The standard InChI is InChI=1S/C18H21BrN2O3S/c1-17(2)10-18(23,8-7-11(17)15(22)24-3)16-20-9-13(25-16)12-5-4-6-14(19)21-12/h4-6,9,11,23H,7-8,10H2,1-3H3/t11-,18-/m0/s1. The van der Waals surface area contributed by atoms with Crippen LogP contribution in [-0.4, -0.2) is 28.2 Å². The number of rotatable bonds is 3. The summed E-state index contributed by atoms with van der Waals surface area (Å²) in [6.45, 7) is 4.01. The van der Waals surface area contributed by atoms with Gasteiger partial charge in [0.1, 0.15) is 15.2 Å². The Hall–Kier alpha value is -1.31. The van der Waals surface area contributed by atoms with E-state index in [-0.39, 0.29) is 17.3 Å². The normalized spacial score (nSPS) is 25.6. The zero-order valence-corrected chi connectivity index (χ0v) is 16.9. The van der Waals surface area contributed by atoms with Crippen LogP contribution in [-0.2, 0) is 15.1 Å². The van der Waals surface area contributed by atoms with Crippen molar-refractivity contribution in [2.45, 2.75) is 38.7 Å². The maximum absolute atomic E-state index is 12.0. The molecule has 0 saturated heterocycles. The summed E-state index contributed by atoms with van der Waals surface area (Å²) < 4.78 is 5.69. The third kappa shape index (κ3) is 3.64. The van der Waals surface area contributed by atoms with Gasteiger partial charge in [0, 0.05) is 6.20 Å². The molecule has 25 heavy (non-hydrogen) atoms. The second kappa shape index (κ2) is 6.78. The molecule has 1 saturated carbocycles. The van der Waals surface area contributed by atoms with Crippen LogP contribution in [0.15, 0.2) is 29.0 Å². The molecule has 5 nitrogen and oxygen atoms in total. The number of thiazole rings is 1. The first-order chi connectivity index (χ1) is 11.7. The lowest BCUT2D eigenvalue weighted by Gasteiger charge is -2.44. The van der Waals surface area contributed by atoms with E-state index < -0.39 is 5.60 Å². The van der Waals surface area contributed by atoms with Crippen LogP contribution < -0.4 is 0 Å². The molecule has 2 atom stereocenters. The third-order valence-corrected chi connectivity index (χ3v) is 6.55. The second-order valence-corrected chi connectivity index (χ2v) is 9.03. The molecule has 0 aromatic carbocycles. The Morgan fingerprint density at radius 3 is 2.84 bits per heavy atom. The van der Waals surface area contributed by atoms with Crippen LogP contribution in [0.1, 0.15) is 38.1 Å². The van der Waals surface area contributed by atoms with Gasteiger partial charge in [0.25, 0.3) is 0 Å². The van der Waals surface area contributed by atoms with Crippen molar-refractivity contribution >= 4 is 33.2 Å². The Balaban J connectivity index is 1.86. The van der Waals surface area contributed by atoms with Crippen molar-refractivity contribution < 1.29 is 14.6 Å². The van der Waals surface area contributed by atoms with Crippen LogP contribution in [0.3, 0.4) is 0 Å². The van der Waals surface area contributed by atoms with E-state index in [1.165, 1.54) is 18.4 Å². The molecule has 0 aliphatic heterocycles. The summed E-state index contributed by atoms with van der Waals surface area (Å²) in [6.07, 6.45) is 3.31. The van der Waals surface area contributed by atoms with E-state index in [0.29, 0.717) is 24.3 Å². The number of aromatic nitrogens is 2. The highest BCUT2D eigenvalue weighted by molar-refractivity contribution is 9.10. The number of carbonyl (C=O) groups is 1. The smallest absolute Gasteiger partial charge is 0.309 e. The van der Waals surface area contributed by atoms with Gasteiger partial charge in [-0.25, -0.2) is 9.97 Å². The number of ether oxygens (including phenoxy) is 1. The van der Waals surface area contributed by atoms with Gasteiger partial charge in [-0.15, -0.1) is 11.3 Å². The van der Waals surface area contributed by atoms with Gasteiger partial charge in [0.05, 0.1) is 23.6 Å². The molecule has 2 heterocycles. The predicted molar refractivity (Wildman–Crippen MR) is 100 cm³/mol. The summed E-state index contributed by atoms with van der Waals surface area (Å²) in [5, 5.41) is 11.9. The van der Waals surface area contributed by atoms with Gasteiger partial charge in [0.2, 0.25) is 0 Å². The molecule has 2 aromatic heterocycles. The van der Waals surface area contributed by atoms with Crippen molar-refractivity contribution in [3.8, 4) is 10.6 Å². The molecule has 1 aliphatic carbocycles. The van der Waals surface area contributed by atoms with Crippen LogP contribution >= 0.6 is 27.3 Å². The van der Waals surface area contributed by atoms with Crippen molar-refractivity contribution in [1.82, 2.24) is 9.97 Å². The number of carbonyl (C=O) groups excluding carboxylic acids is 1. The average molecular weight is 425 g/mol. The second-order valence-electron chi connectivity index (χ2n) is 7.19. The van der Waals surface area contributed by atoms with Crippen LogP contribution in [0.25, 0.3) is 10.6 Å². The summed E-state index contributed by atoms with van der Waals surface area (Å²) in [5.41, 5.74) is -0.563. The van der Waals surface area contributed by atoms with Crippen LogP contribution in [0, 0.1) is 11.3 Å². The Labute approximate surface area is 159 Å². The van der Waals surface area contributed by atoms with Crippen molar-refractivity contribution in [2.24, 2.45) is 11.3 Å². The molecule has 134 valence electrons. The number of nitrogens with zero attached hydrogens (tertiary/aromatic N) is 2. The molecule has 0 radical (unpaired) electrons. The minimum Gasteiger partial charge on any atom is -0.469 e. The lowest BCUT2D eigenvalue weighted by Crippen LogP contribution is -2.45. The van der Waals surface area contributed by atoms with Crippen LogP contribution in [0.4, 0.5) is 0 Å². The van der Waals surface area contributed by atoms with E-state index >= 15 is 0 Å². The number of esters is 1. The minimum atomic E-state index is -1.02. The van der Waals surface area contributed by atoms with Gasteiger partial charge in [-0.1, -0.05) is 19.9 Å². The van der Waals surface area contributed by atoms with E-state index in [2.05, 4.69) is 25.9 Å². The lowest BCUT2D eigenvalue weighted by molar-refractivity contribution is -0.157. The number of hydrogen-bond acceptors (Lipinski definition) is 6. The molecule has 7 heteroatoms. The number of pyridine rings is 1. The van der Waals surface area contributed by atoms with E-state index in [0.717, 1.165) is 15.2 Å². The largest absolute Gasteiger partial charge is 0.469 e. The fourth-order valence-corrected chi connectivity index (χ4v) is 5.00. The number of methoxy groups -OCH3 is 1. The molecule has 2 aromatic rings. The Bertz CT molecular complexity index is 792. The highest BCUT2D eigenvalue weighted by Gasteiger charge is 2.49. The third-order valence-electron chi connectivity index (χ3n) is 4.90. The van der Waals surface area contributed by atoms with Gasteiger partial charge < -0.3 is 9.84 Å². The first-order valence-electron chi connectivity index (χ1n) is 8.15. The van der Waals surface area contributed by atoms with Crippen molar-refractivity contribution in [3.05, 3.63) is 34.0 Å². The van der Waals surface area contributed by atoms with Crippen LogP contribution in [0.5, 0.6) is 0 Å². The van der Waals surface area contributed by atoms with Gasteiger partial charge in [-0.05, 0) is 52.7 Å².